The molecule has 1 unspecified atom stereocenters. The van der Waals surface area contributed by atoms with Crippen molar-refractivity contribution in [3.8, 4) is 0 Å². The van der Waals surface area contributed by atoms with Crippen LogP contribution in [0.15, 0.2) is 20.1 Å². The van der Waals surface area contributed by atoms with E-state index in [4.69, 9.17) is 4.74 Å². The van der Waals surface area contributed by atoms with Gasteiger partial charge in [-0.2, -0.15) is 4.31 Å². The van der Waals surface area contributed by atoms with Gasteiger partial charge in [-0.3, -0.25) is 4.90 Å². The third kappa shape index (κ3) is 3.91. The number of piperazine rings is 1. The van der Waals surface area contributed by atoms with Crippen LogP contribution in [0.25, 0.3) is 0 Å². The third-order valence-corrected chi connectivity index (χ3v) is 8.20. The van der Waals surface area contributed by atoms with Crippen LogP contribution in [0.3, 0.4) is 0 Å². The average molecular weight is 409 g/mol. The molecule has 0 aromatic carbocycles. The van der Waals surface area contributed by atoms with Crippen LogP contribution in [-0.4, -0.2) is 63.1 Å². The topological polar surface area (TPSA) is 49.9 Å². The molecule has 3 rings (SSSR count). The van der Waals surface area contributed by atoms with Gasteiger partial charge in [0.15, 0.2) is 0 Å². The van der Waals surface area contributed by atoms with E-state index >= 15 is 0 Å². The fourth-order valence-corrected chi connectivity index (χ4v) is 6.54. The summed E-state index contributed by atoms with van der Waals surface area (Å²) in [6.07, 6.45) is 3.86. The smallest absolute Gasteiger partial charge is 0.252 e. The highest BCUT2D eigenvalue weighted by atomic mass is 79.9. The van der Waals surface area contributed by atoms with Crippen molar-refractivity contribution in [2.75, 3.05) is 39.3 Å². The number of hydrogen-bond donors (Lipinski definition) is 0. The van der Waals surface area contributed by atoms with Gasteiger partial charge in [-0.15, -0.1) is 11.3 Å². The molecular weight excluding hydrogens is 388 g/mol. The Morgan fingerprint density at radius 2 is 2.00 bits per heavy atom. The van der Waals surface area contributed by atoms with Gasteiger partial charge in [-0.05, 0) is 47.3 Å². The molecule has 22 heavy (non-hydrogen) atoms. The molecule has 1 aromatic heterocycles. The molecule has 5 nitrogen and oxygen atoms in total. The summed E-state index contributed by atoms with van der Waals surface area (Å²) >= 11 is 4.60. The van der Waals surface area contributed by atoms with Gasteiger partial charge >= 0.3 is 0 Å². The summed E-state index contributed by atoms with van der Waals surface area (Å²) in [5, 5.41) is 0. The SMILES string of the molecule is O=S(=O)(c1ccc(Br)s1)N1CCN(CC2CCCCO2)CC1. The highest BCUT2D eigenvalue weighted by molar-refractivity contribution is 9.11. The maximum Gasteiger partial charge on any atom is 0.252 e. The molecular formula is C14H21BrN2O3S2. The predicted molar refractivity (Wildman–Crippen MR) is 90.8 cm³/mol. The fraction of sp³-hybridized carbons (Fsp3) is 0.714. The van der Waals surface area contributed by atoms with E-state index in [1.54, 1.807) is 16.4 Å². The van der Waals surface area contributed by atoms with Crippen molar-refractivity contribution in [2.24, 2.45) is 0 Å². The maximum absolute atomic E-state index is 12.6. The Hall–Kier alpha value is 0.01000. The van der Waals surface area contributed by atoms with Crippen LogP contribution in [0.1, 0.15) is 19.3 Å². The molecule has 0 bridgehead atoms. The van der Waals surface area contributed by atoms with E-state index in [2.05, 4.69) is 20.8 Å². The average Bonchev–Trinajstić information content (AvgIpc) is 2.96. The lowest BCUT2D eigenvalue weighted by Gasteiger charge is -2.36. The van der Waals surface area contributed by atoms with Crippen LogP contribution in [-0.2, 0) is 14.8 Å². The summed E-state index contributed by atoms with van der Waals surface area (Å²) in [6.45, 7) is 4.48. The Bertz CT molecular complexity index is 591. The lowest BCUT2D eigenvalue weighted by molar-refractivity contribution is -0.0103. The minimum Gasteiger partial charge on any atom is -0.377 e. The fourth-order valence-electron chi connectivity index (χ4n) is 2.96. The van der Waals surface area contributed by atoms with E-state index in [1.165, 1.54) is 24.2 Å². The highest BCUT2D eigenvalue weighted by Crippen LogP contribution is 2.29. The van der Waals surface area contributed by atoms with Crippen molar-refractivity contribution in [1.82, 2.24) is 9.21 Å². The molecule has 1 atom stereocenters. The molecule has 0 aliphatic carbocycles. The molecule has 1 aromatic rings. The number of ether oxygens (including phenoxy) is 1. The second kappa shape index (κ2) is 7.27. The molecule has 0 amide bonds. The zero-order valence-electron chi connectivity index (χ0n) is 12.4. The number of hydrogen-bond acceptors (Lipinski definition) is 5. The number of nitrogens with zero attached hydrogens (tertiary/aromatic N) is 2. The van der Waals surface area contributed by atoms with Gasteiger partial charge in [-0.1, -0.05) is 0 Å². The van der Waals surface area contributed by atoms with Crippen molar-refractivity contribution in [3.63, 3.8) is 0 Å². The first-order valence-electron chi connectivity index (χ1n) is 7.65. The highest BCUT2D eigenvalue weighted by Gasteiger charge is 2.30. The van der Waals surface area contributed by atoms with Crippen LogP contribution >= 0.6 is 27.3 Å². The largest absolute Gasteiger partial charge is 0.377 e. The quantitative estimate of drug-likeness (QED) is 0.767. The van der Waals surface area contributed by atoms with Gasteiger partial charge in [0.2, 0.25) is 0 Å². The number of rotatable bonds is 4. The molecule has 0 saturated carbocycles. The normalized spacial score (nSPS) is 25.4. The number of halogens is 1. The summed E-state index contributed by atoms with van der Waals surface area (Å²) in [6, 6.07) is 3.46. The van der Waals surface area contributed by atoms with Gasteiger partial charge in [0, 0.05) is 39.3 Å². The van der Waals surface area contributed by atoms with Gasteiger partial charge in [0.1, 0.15) is 4.21 Å². The first kappa shape index (κ1) is 16.9. The van der Waals surface area contributed by atoms with Crippen molar-refractivity contribution >= 4 is 37.3 Å². The summed E-state index contributed by atoms with van der Waals surface area (Å²) in [4.78, 5) is 2.33. The molecule has 2 saturated heterocycles. The van der Waals surface area contributed by atoms with Crippen LogP contribution < -0.4 is 0 Å². The molecule has 2 aliphatic rings. The van der Waals surface area contributed by atoms with Crippen LogP contribution in [0, 0.1) is 0 Å². The molecule has 8 heteroatoms. The van der Waals surface area contributed by atoms with Crippen molar-refractivity contribution < 1.29 is 13.2 Å². The summed E-state index contributed by atoms with van der Waals surface area (Å²) in [5.41, 5.74) is 0. The Labute approximate surface area is 144 Å². The second-order valence-corrected chi connectivity index (χ2v) is 10.4. The lowest BCUT2D eigenvalue weighted by Crippen LogP contribution is -2.50. The summed E-state index contributed by atoms with van der Waals surface area (Å²) in [7, 11) is -3.33. The van der Waals surface area contributed by atoms with Gasteiger partial charge in [0.25, 0.3) is 10.0 Å². The van der Waals surface area contributed by atoms with Gasteiger partial charge in [-0.25, -0.2) is 8.42 Å². The minimum absolute atomic E-state index is 0.324. The Balaban J connectivity index is 1.55. The van der Waals surface area contributed by atoms with Gasteiger partial charge in [0.05, 0.1) is 9.89 Å². The molecule has 124 valence electrons. The monoisotopic (exact) mass is 408 g/mol. The van der Waals surface area contributed by atoms with Crippen LogP contribution in [0.2, 0.25) is 0 Å². The summed E-state index contributed by atoms with van der Waals surface area (Å²) in [5.74, 6) is 0. The van der Waals surface area contributed by atoms with E-state index in [9.17, 15) is 8.42 Å². The maximum atomic E-state index is 12.6. The molecule has 0 spiro atoms. The number of sulfonamides is 1. The molecule has 0 N–H and O–H groups in total. The Kier molecular flexibility index (Phi) is 5.57. The second-order valence-electron chi connectivity index (χ2n) is 5.75. The van der Waals surface area contributed by atoms with Crippen molar-refractivity contribution in [2.45, 2.75) is 29.6 Å². The van der Waals surface area contributed by atoms with Crippen LogP contribution in [0.5, 0.6) is 0 Å². The Morgan fingerprint density at radius 3 is 2.59 bits per heavy atom. The standard InChI is InChI=1S/C14H21BrN2O3S2/c15-13-4-5-14(21-13)22(18,19)17-8-6-16(7-9-17)11-12-3-1-2-10-20-12/h4-5,12H,1-3,6-11H2. The van der Waals surface area contributed by atoms with E-state index in [-0.39, 0.29) is 0 Å². The third-order valence-electron chi connectivity index (χ3n) is 4.21. The van der Waals surface area contributed by atoms with Crippen molar-refractivity contribution in [3.05, 3.63) is 15.9 Å². The first-order valence-corrected chi connectivity index (χ1v) is 10.7. The summed E-state index contributed by atoms with van der Waals surface area (Å²) < 4.78 is 33.8. The Morgan fingerprint density at radius 1 is 1.23 bits per heavy atom. The predicted octanol–water partition coefficient (Wildman–Crippen LogP) is 2.39. The molecule has 3 heterocycles. The van der Waals surface area contributed by atoms with Crippen LogP contribution in [0.4, 0.5) is 0 Å². The van der Waals surface area contributed by atoms with E-state index < -0.39 is 10.0 Å². The molecule has 2 aliphatic heterocycles. The zero-order valence-corrected chi connectivity index (χ0v) is 15.6. The minimum atomic E-state index is -3.33. The van der Waals surface area contributed by atoms with E-state index in [0.29, 0.717) is 23.4 Å². The zero-order chi connectivity index (χ0) is 15.6. The van der Waals surface area contributed by atoms with Gasteiger partial charge < -0.3 is 4.74 Å². The first-order chi connectivity index (χ1) is 10.6. The van der Waals surface area contributed by atoms with E-state index in [1.807, 2.05) is 0 Å². The lowest BCUT2D eigenvalue weighted by atomic mass is 10.1. The molecule has 2 fully saturated rings. The molecule has 0 radical (unpaired) electrons. The van der Waals surface area contributed by atoms with E-state index in [0.717, 1.165) is 36.4 Å². The number of thiophene rings is 1. The van der Waals surface area contributed by atoms with Crippen molar-refractivity contribution in [1.29, 1.82) is 0 Å².